The summed E-state index contributed by atoms with van der Waals surface area (Å²) in [5.41, 5.74) is 2.62. The van der Waals surface area contributed by atoms with Crippen LogP contribution < -0.4 is 5.69 Å². The summed E-state index contributed by atoms with van der Waals surface area (Å²) in [6.45, 7) is 8.09. The topological polar surface area (TPSA) is 69.3 Å². The van der Waals surface area contributed by atoms with Crippen molar-refractivity contribution in [2.24, 2.45) is 0 Å². The zero-order valence-electron chi connectivity index (χ0n) is 13.5. The number of hydrogen-bond donors (Lipinski definition) is 1. The van der Waals surface area contributed by atoms with E-state index >= 15 is 0 Å². The first-order chi connectivity index (χ1) is 10.4. The number of nitrogens with zero attached hydrogens (tertiary/aromatic N) is 3. The summed E-state index contributed by atoms with van der Waals surface area (Å²) < 4.78 is 8.50. The van der Waals surface area contributed by atoms with Gasteiger partial charge >= 0.3 is 5.69 Å². The van der Waals surface area contributed by atoms with Gasteiger partial charge in [0, 0.05) is 0 Å². The maximum Gasteiger partial charge on any atom is 0.364 e. The monoisotopic (exact) mass is 305 g/mol. The van der Waals surface area contributed by atoms with Crippen molar-refractivity contribution in [2.45, 2.75) is 46.4 Å². The Morgan fingerprint density at radius 3 is 2.73 bits per heavy atom. The number of aliphatic hydroxyl groups excluding tert-OH is 1. The van der Waals surface area contributed by atoms with Crippen LogP contribution in [0.25, 0.3) is 5.69 Å². The first kappa shape index (κ1) is 16.5. The van der Waals surface area contributed by atoms with Gasteiger partial charge < -0.3 is 9.84 Å². The lowest BCUT2D eigenvalue weighted by Gasteiger charge is -2.17. The van der Waals surface area contributed by atoms with Crippen LogP contribution in [-0.2, 0) is 11.3 Å². The standard InChI is InChI=1S/C16H23N3O3/c1-11(2)22-9-14(20)8-18-16(21)17-10-19(18)15-7-12(3)5-6-13(15)4/h5-7,10-11,14,20H,8-9H2,1-4H3. The van der Waals surface area contributed by atoms with Crippen molar-refractivity contribution in [3.8, 4) is 5.69 Å². The van der Waals surface area contributed by atoms with E-state index in [0.29, 0.717) is 0 Å². The van der Waals surface area contributed by atoms with Crippen molar-refractivity contribution < 1.29 is 9.84 Å². The molecule has 0 amide bonds. The second-order valence-corrected chi connectivity index (χ2v) is 5.78. The molecule has 0 bridgehead atoms. The Kier molecular flexibility index (Phi) is 5.15. The average molecular weight is 305 g/mol. The lowest BCUT2D eigenvalue weighted by Crippen LogP contribution is -2.32. The van der Waals surface area contributed by atoms with Crippen LogP contribution >= 0.6 is 0 Å². The third kappa shape index (κ3) is 3.84. The van der Waals surface area contributed by atoms with Crippen LogP contribution in [0.15, 0.2) is 29.3 Å². The highest BCUT2D eigenvalue weighted by Gasteiger charge is 2.14. The van der Waals surface area contributed by atoms with Crippen LogP contribution in [0.4, 0.5) is 0 Å². The minimum atomic E-state index is -0.763. The SMILES string of the molecule is Cc1ccc(C)c(-n2cnc(=O)n2CC(O)COC(C)C)c1. The molecule has 6 heteroatoms. The number of aromatic nitrogens is 3. The summed E-state index contributed by atoms with van der Waals surface area (Å²) in [6.07, 6.45) is 0.760. The zero-order chi connectivity index (χ0) is 16.3. The maximum atomic E-state index is 12.0. The van der Waals surface area contributed by atoms with Crippen molar-refractivity contribution in [1.82, 2.24) is 14.3 Å². The summed E-state index contributed by atoms with van der Waals surface area (Å²) in [7, 11) is 0. The minimum Gasteiger partial charge on any atom is -0.389 e. The molecule has 2 aromatic rings. The van der Waals surface area contributed by atoms with Crippen molar-refractivity contribution in [1.29, 1.82) is 0 Å². The van der Waals surface area contributed by atoms with Crippen molar-refractivity contribution in [3.63, 3.8) is 0 Å². The maximum absolute atomic E-state index is 12.0. The van der Waals surface area contributed by atoms with E-state index < -0.39 is 6.10 Å². The molecular weight excluding hydrogens is 282 g/mol. The molecule has 1 aromatic carbocycles. The number of hydrogen-bond acceptors (Lipinski definition) is 4. The Morgan fingerprint density at radius 2 is 2.05 bits per heavy atom. The fourth-order valence-corrected chi connectivity index (χ4v) is 2.21. The largest absolute Gasteiger partial charge is 0.389 e. The lowest BCUT2D eigenvalue weighted by atomic mass is 10.1. The van der Waals surface area contributed by atoms with Gasteiger partial charge in [0.15, 0.2) is 0 Å². The van der Waals surface area contributed by atoms with Crippen LogP contribution in [0.2, 0.25) is 0 Å². The molecule has 2 rings (SSSR count). The fraction of sp³-hybridized carbons (Fsp3) is 0.500. The van der Waals surface area contributed by atoms with E-state index in [1.807, 2.05) is 45.9 Å². The normalized spacial score (nSPS) is 12.8. The van der Waals surface area contributed by atoms with Gasteiger partial charge in [-0.1, -0.05) is 12.1 Å². The summed E-state index contributed by atoms with van der Waals surface area (Å²) in [5, 5.41) is 10.1. The second-order valence-electron chi connectivity index (χ2n) is 5.78. The number of rotatable bonds is 6. The van der Waals surface area contributed by atoms with Crippen LogP contribution in [0, 0.1) is 13.8 Å². The predicted octanol–water partition coefficient (Wildman–Crippen LogP) is 1.44. The Bertz CT molecular complexity index is 688. The second kappa shape index (κ2) is 6.89. The van der Waals surface area contributed by atoms with Gasteiger partial charge in [-0.15, -0.1) is 0 Å². The summed E-state index contributed by atoms with van der Waals surface area (Å²) >= 11 is 0. The van der Waals surface area contributed by atoms with Crippen LogP contribution in [0.3, 0.4) is 0 Å². The van der Waals surface area contributed by atoms with Crippen molar-refractivity contribution in [2.75, 3.05) is 6.61 Å². The smallest absolute Gasteiger partial charge is 0.364 e. The molecule has 0 aliphatic carbocycles. The molecule has 120 valence electrons. The Labute approximate surface area is 130 Å². The average Bonchev–Trinajstić information content (AvgIpc) is 2.81. The molecule has 22 heavy (non-hydrogen) atoms. The van der Waals surface area contributed by atoms with E-state index in [9.17, 15) is 9.90 Å². The molecular formula is C16H23N3O3. The Hall–Kier alpha value is -1.92. The molecule has 0 fully saturated rings. The zero-order valence-corrected chi connectivity index (χ0v) is 13.5. The molecule has 1 N–H and O–H groups in total. The molecule has 0 radical (unpaired) electrons. The lowest BCUT2D eigenvalue weighted by molar-refractivity contribution is -0.00317. The molecule has 0 spiro atoms. The van der Waals surface area contributed by atoms with Crippen LogP contribution in [-0.4, -0.2) is 38.3 Å². The highest BCUT2D eigenvalue weighted by molar-refractivity contribution is 5.42. The first-order valence-electron chi connectivity index (χ1n) is 7.40. The van der Waals surface area contributed by atoms with Gasteiger partial charge in [-0.2, -0.15) is 4.98 Å². The Balaban J connectivity index is 2.28. The summed E-state index contributed by atoms with van der Waals surface area (Å²) in [5.74, 6) is 0. The van der Waals surface area contributed by atoms with Gasteiger partial charge in [0.2, 0.25) is 0 Å². The molecule has 1 aromatic heterocycles. The first-order valence-corrected chi connectivity index (χ1v) is 7.40. The van der Waals surface area contributed by atoms with Gasteiger partial charge in [0.1, 0.15) is 6.33 Å². The van der Waals surface area contributed by atoms with Crippen LogP contribution in [0.5, 0.6) is 0 Å². The molecule has 1 heterocycles. The van der Waals surface area contributed by atoms with E-state index in [2.05, 4.69) is 4.98 Å². The third-order valence-corrected chi connectivity index (χ3v) is 3.38. The van der Waals surface area contributed by atoms with Gasteiger partial charge in [-0.25, -0.2) is 14.2 Å². The van der Waals surface area contributed by atoms with E-state index in [1.54, 1.807) is 4.68 Å². The molecule has 0 aliphatic rings. The highest BCUT2D eigenvalue weighted by atomic mass is 16.5. The van der Waals surface area contributed by atoms with Gasteiger partial charge in [0.25, 0.3) is 0 Å². The van der Waals surface area contributed by atoms with Gasteiger partial charge in [0.05, 0.1) is 31.0 Å². The van der Waals surface area contributed by atoms with Gasteiger partial charge in [-0.05, 0) is 44.9 Å². The van der Waals surface area contributed by atoms with Gasteiger partial charge in [-0.3, -0.25) is 0 Å². The van der Waals surface area contributed by atoms with E-state index in [1.165, 1.54) is 11.0 Å². The Morgan fingerprint density at radius 1 is 1.32 bits per heavy atom. The molecule has 6 nitrogen and oxygen atoms in total. The quantitative estimate of drug-likeness (QED) is 0.876. The fourth-order valence-electron chi connectivity index (χ4n) is 2.21. The molecule has 1 atom stereocenters. The number of ether oxygens (including phenoxy) is 1. The summed E-state index contributed by atoms with van der Waals surface area (Å²) in [6, 6.07) is 6.01. The molecule has 1 unspecified atom stereocenters. The van der Waals surface area contributed by atoms with E-state index in [0.717, 1.165) is 16.8 Å². The molecule has 0 saturated heterocycles. The van der Waals surface area contributed by atoms with Crippen molar-refractivity contribution in [3.05, 3.63) is 46.1 Å². The predicted molar refractivity (Wildman–Crippen MR) is 84.4 cm³/mol. The molecule has 0 aliphatic heterocycles. The number of aryl methyl sites for hydroxylation is 2. The highest BCUT2D eigenvalue weighted by Crippen LogP contribution is 2.15. The van der Waals surface area contributed by atoms with Crippen LogP contribution in [0.1, 0.15) is 25.0 Å². The number of benzene rings is 1. The summed E-state index contributed by atoms with van der Waals surface area (Å²) in [4.78, 5) is 15.8. The van der Waals surface area contributed by atoms with E-state index in [-0.39, 0.29) is 24.9 Å². The van der Waals surface area contributed by atoms with Crippen molar-refractivity contribution >= 4 is 0 Å². The molecule has 0 saturated carbocycles. The minimum absolute atomic E-state index is 0.0373. The number of aliphatic hydroxyl groups is 1. The third-order valence-electron chi connectivity index (χ3n) is 3.38. The van der Waals surface area contributed by atoms with E-state index in [4.69, 9.17) is 4.74 Å².